The largest absolute Gasteiger partial charge is 0.346 e. The molecule has 152 valence electrons. The van der Waals surface area contributed by atoms with Crippen molar-refractivity contribution in [3.05, 3.63) is 50.1 Å². The molecule has 2 fully saturated rings. The van der Waals surface area contributed by atoms with Crippen molar-refractivity contribution < 1.29 is 14.4 Å². The van der Waals surface area contributed by atoms with Gasteiger partial charge in [-0.15, -0.1) is 11.3 Å². The molecule has 3 heterocycles. The van der Waals surface area contributed by atoms with E-state index in [0.717, 1.165) is 41.0 Å². The molecule has 0 radical (unpaired) electrons. The van der Waals surface area contributed by atoms with Gasteiger partial charge in [-0.1, -0.05) is 0 Å². The van der Waals surface area contributed by atoms with Crippen molar-refractivity contribution in [2.24, 2.45) is 0 Å². The molecule has 2 saturated heterocycles. The molecule has 1 aromatic carbocycles. The second-order valence-electron chi connectivity index (χ2n) is 7.48. The number of likely N-dealkylation sites (tertiary alicyclic amines) is 1. The second-order valence-corrected chi connectivity index (χ2v) is 9.94. The van der Waals surface area contributed by atoms with E-state index in [1.54, 1.807) is 11.0 Å². The molecular formula is C21H22BrN3O3S. The van der Waals surface area contributed by atoms with Crippen LogP contribution in [0, 0.1) is 6.92 Å². The fraction of sp³-hybridized carbons (Fsp3) is 0.381. The maximum absolute atomic E-state index is 12.7. The molecule has 8 heteroatoms. The van der Waals surface area contributed by atoms with E-state index in [0.29, 0.717) is 17.0 Å². The summed E-state index contributed by atoms with van der Waals surface area (Å²) in [5.74, 6) is -0.129. The molecule has 1 atom stereocenters. The summed E-state index contributed by atoms with van der Waals surface area (Å²) in [5.41, 5.74) is 2.32. The number of rotatable bonds is 4. The maximum Gasteiger partial charge on any atom is 0.261 e. The number of nitrogens with one attached hydrogen (secondary N) is 1. The van der Waals surface area contributed by atoms with Crippen LogP contribution in [0.2, 0.25) is 0 Å². The lowest BCUT2D eigenvalue weighted by Gasteiger charge is -2.20. The topological polar surface area (TPSA) is 69.7 Å². The van der Waals surface area contributed by atoms with Crippen LogP contribution in [-0.2, 0) is 4.79 Å². The summed E-state index contributed by atoms with van der Waals surface area (Å²) in [5, 5.41) is 2.95. The van der Waals surface area contributed by atoms with E-state index in [1.165, 1.54) is 11.3 Å². The summed E-state index contributed by atoms with van der Waals surface area (Å²) >= 11 is 4.72. The van der Waals surface area contributed by atoms with Crippen molar-refractivity contribution in [2.45, 2.75) is 32.2 Å². The van der Waals surface area contributed by atoms with Crippen molar-refractivity contribution in [1.82, 2.24) is 10.2 Å². The number of aryl methyl sites for hydroxylation is 1. The lowest BCUT2D eigenvalue weighted by molar-refractivity contribution is -0.117. The second kappa shape index (κ2) is 8.28. The number of nitrogens with zero attached hydrogens (tertiary/aromatic N) is 2. The number of thiophene rings is 1. The summed E-state index contributed by atoms with van der Waals surface area (Å²) in [6.45, 7) is 3.96. The molecule has 0 bridgehead atoms. The molecule has 6 nitrogen and oxygen atoms in total. The first-order valence-electron chi connectivity index (χ1n) is 9.69. The zero-order valence-corrected chi connectivity index (χ0v) is 18.5. The molecule has 1 unspecified atom stereocenters. The van der Waals surface area contributed by atoms with E-state index in [-0.39, 0.29) is 30.2 Å². The first-order chi connectivity index (χ1) is 13.9. The number of hydrogen-bond donors (Lipinski definition) is 1. The fourth-order valence-electron chi connectivity index (χ4n) is 3.89. The van der Waals surface area contributed by atoms with Gasteiger partial charge in [0.2, 0.25) is 5.91 Å². The van der Waals surface area contributed by atoms with E-state index in [4.69, 9.17) is 0 Å². The van der Waals surface area contributed by atoms with Gasteiger partial charge in [-0.3, -0.25) is 14.4 Å². The number of anilines is 1. The first-order valence-corrected chi connectivity index (χ1v) is 11.3. The van der Waals surface area contributed by atoms with Gasteiger partial charge >= 0.3 is 0 Å². The van der Waals surface area contributed by atoms with E-state index in [1.807, 2.05) is 36.1 Å². The fourth-order valence-corrected chi connectivity index (χ4v) is 5.18. The van der Waals surface area contributed by atoms with Gasteiger partial charge in [0.05, 0.1) is 14.7 Å². The Morgan fingerprint density at radius 2 is 1.93 bits per heavy atom. The Bertz CT molecular complexity index is 968. The molecule has 0 aliphatic carbocycles. The minimum atomic E-state index is -0.234. The average molecular weight is 476 g/mol. The Morgan fingerprint density at radius 1 is 1.17 bits per heavy atom. The summed E-state index contributed by atoms with van der Waals surface area (Å²) in [4.78, 5) is 41.8. The predicted molar refractivity (Wildman–Crippen MR) is 117 cm³/mol. The smallest absolute Gasteiger partial charge is 0.261 e. The van der Waals surface area contributed by atoms with E-state index in [2.05, 4.69) is 21.2 Å². The number of carbonyl (C=O) groups is 3. The molecule has 2 aliphatic rings. The Hall–Kier alpha value is -2.19. The normalized spacial score (nSPS) is 19.1. The van der Waals surface area contributed by atoms with Crippen molar-refractivity contribution in [1.29, 1.82) is 0 Å². The standard InChI is InChI=1S/C21H22BrN3O3S/c1-13-10-15(4-5-16(13)21(28)24-8-2-3-9-24)25-12-14(11-19(25)26)23-20(27)17-6-7-18(22)29-17/h4-7,10,14H,2-3,8-9,11-12H2,1H3,(H,23,27). The summed E-state index contributed by atoms with van der Waals surface area (Å²) in [6, 6.07) is 8.89. The van der Waals surface area contributed by atoms with Gasteiger partial charge in [-0.05, 0) is 71.6 Å². The van der Waals surface area contributed by atoms with Crippen LogP contribution in [0.4, 0.5) is 5.69 Å². The number of benzene rings is 1. The van der Waals surface area contributed by atoms with Crippen LogP contribution in [-0.4, -0.2) is 48.3 Å². The third kappa shape index (κ3) is 4.23. The highest BCUT2D eigenvalue weighted by Crippen LogP contribution is 2.27. The molecule has 0 saturated carbocycles. The quantitative estimate of drug-likeness (QED) is 0.734. The molecular weight excluding hydrogens is 454 g/mol. The summed E-state index contributed by atoms with van der Waals surface area (Å²) in [6.07, 6.45) is 2.38. The van der Waals surface area contributed by atoms with Crippen molar-refractivity contribution in [3.63, 3.8) is 0 Å². The molecule has 29 heavy (non-hydrogen) atoms. The van der Waals surface area contributed by atoms with E-state index >= 15 is 0 Å². The third-order valence-electron chi connectivity index (χ3n) is 5.40. The summed E-state index contributed by atoms with van der Waals surface area (Å²) in [7, 11) is 0. The van der Waals surface area contributed by atoms with Gasteiger partial charge < -0.3 is 15.1 Å². The van der Waals surface area contributed by atoms with Crippen LogP contribution < -0.4 is 10.2 Å². The molecule has 2 aromatic rings. The van der Waals surface area contributed by atoms with Crippen LogP contribution in [0.25, 0.3) is 0 Å². The van der Waals surface area contributed by atoms with E-state index < -0.39 is 0 Å². The predicted octanol–water partition coefficient (Wildman–Crippen LogP) is 3.59. The zero-order valence-electron chi connectivity index (χ0n) is 16.1. The first kappa shape index (κ1) is 20.1. The molecule has 1 aromatic heterocycles. The highest BCUT2D eigenvalue weighted by atomic mass is 79.9. The molecule has 4 rings (SSSR count). The van der Waals surface area contributed by atoms with Crippen molar-refractivity contribution >= 4 is 50.7 Å². The Labute approximate surface area is 182 Å². The van der Waals surface area contributed by atoms with Gasteiger partial charge in [0.1, 0.15) is 0 Å². The molecule has 3 amide bonds. The van der Waals surface area contributed by atoms with Crippen molar-refractivity contribution in [2.75, 3.05) is 24.5 Å². The number of hydrogen-bond acceptors (Lipinski definition) is 4. The average Bonchev–Trinajstić information content (AvgIpc) is 3.42. The molecule has 1 N–H and O–H groups in total. The lowest BCUT2D eigenvalue weighted by Crippen LogP contribution is -2.36. The van der Waals surface area contributed by atoms with Crippen LogP contribution in [0.15, 0.2) is 34.1 Å². The van der Waals surface area contributed by atoms with Crippen LogP contribution in [0.1, 0.15) is 44.9 Å². The highest BCUT2D eigenvalue weighted by Gasteiger charge is 2.32. The number of halogens is 1. The van der Waals surface area contributed by atoms with Crippen LogP contribution in [0.5, 0.6) is 0 Å². The minimum absolute atomic E-state index is 0.0271. The summed E-state index contributed by atoms with van der Waals surface area (Å²) < 4.78 is 0.894. The van der Waals surface area contributed by atoms with Gasteiger partial charge in [0, 0.05) is 37.3 Å². The number of carbonyl (C=O) groups excluding carboxylic acids is 3. The molecule has 0 spiro atoms. The zero-order chi connectivity index (χ0) is 20.5. The lowest BCUT2D eigenvalue weighted by atomic mass is 10.1. The maximum atomic E-state index is 12.7. The SMILES string of the molecule is Cc1cc(N2CC(NC(=O)c3ccc(Br)s3)CC2=O)ccc1C(=O)N1CCCC1. The Morgan fingerprint density at radius 3 is 2.59 bits per heavy atom. The molecule has 2 aliphatic heterocycles. The monoisotopic (exact) mass is 475 g/mol. The van der Waals surface area contributed by atoms with Gasteiger partial charge in [0.15, 0.2) is 0 Å². The van der Waals surface area contributed by atoms with Crippen LogP contribution in [0.3, 0.4) is 0 Å². The van der Waals surface area contributed by atoms with Gasteiger partial charge in [-0.25, -0.2) is 0 Å². The highest BCUT2D eigenvalue weighted by molar-refractivity contribution is 9.11. The number of amides is 3. The third-order valence-corrected chi connectivity index (χ3v) is 7.03. The van der Waals surface area contributed by atoms with Crippen molar-refractivity contribution in [3.8, 4) is 0 Å². The van der Waals surface area contributed by atoms with E-state index in [9.17, 15) is 14.4 Å². The Balaban J connectivity index is 1.44. The Kier molecular flexibility index (Phi) is 5.74. The van der Waals surface area contributed by atoms with Gasteiger partial charge in [0.25, 0.3) is 11.8 Å². The minimum Gasteiger partial charge on any atom is -0.346 e. The van der Waals surface area contributed by atoms with Crippen LogP contribution >= 0.6 is 27.3 Å². The van der Waals surface area contributed by atoms with Gasteiger partial charge in [-0.2, -0.15) is 0 Å².